The van der Waals surface area contributed by atoms with E-state index in [1.165, 1.54) is 34.9 Å². The van der Waals surface area contributed by atoms with Crippen LogP contribution in [0.3, 0.4) is 0 Å². The average molecular weight is 543 g/mol. The van der Waals surface area contributed by atoms with Gasteiger partial charge in [-0.25, -0.2) is 0 Å². The number of nitrogens with two attached hydrogens (primary N) is 1. The number of nitrogen functional groups attached to an aromatic ring is 1. The molecule has 3 heterocycles. The Balaban J connectivity index is 1.28. The first-order valence-corrected chi connectivity index (χ1v) is 14.2. The number of hydrogen-bond acceptors (Lipinski definition) is 10. The first-order chi connectivity index (χ1) is 19.4. The molecule has 2 aliphatic rings. The van der Waals surface area contributed by atoms with Gasteiger partial charge in [0.05, 0.1) is 18.8 Å². The number of ether oxygens (including phenoxy) is 1. The third-order valence-corrected chi connectivity index (χ3v) is 7.97. The van der Waals surface area contributed by atoms with Crippen LogP contribution in [0.2, 0.25) is 0 Å². The zero-order valence-electron chi connectivity index (χ0n) is 23.6. The molecule has 0 saturated heterocycles. The molecule has 2 aromatic heterocycles. The van der Waals surface area contributed by atoms with Crippen LogP contribution in [0.5, 0.6) is 6.01 Å². The van der Waals surface area contributed by atoms with Crippen molar-refractivity contribution in [3.63, 3.8) is 0 Å². The Morgan fingerprint density at radius 2 is 1.95 bits per heavy atom. The fraction of sp³-hybridized carbons (Fsp3) is 0.467. The maximum Gasteiger partial charge on any atom is 0.318 e. The molecule has 1 aliphatic carbocycles. The molecule has 6 rings (SSSR count). The molecule has 1 fully saturated rings. The van der Waals surface area contributed by atoms with Crippen molar-refractivity contribution in [3.8, 4) is 6.01 Å². The van der Waals surface area contributed by atoms with E-state index in [0.29, 0.717) is 38.0 Å². The third kappa shape index (κ3) is 5.54. The Kier molecular flexibility index (Phi) is 7.18. The number of aryl methyl sites for hydroxylation is 1. The molecule has 1 saturated carbocycles. The Morgan fingerprint density at radius 1 is 1.12 bits per heavy atom. The van der Waals surface area contributed by atoms with Gasteiger partial charge >= 0.3 is 12.0 Å². The second kappa shape index (κ2) is 10.9. The lowest BCUT2D eigenvalue weighted by atomic mass is 9.98. The number of anilines is 3. The van der Waals surface area contributed by atoms with Crippen molar-refractivity contribution in [2.24, 2.45) is 5.41 Å². The first-order valence-electron chi connectivity index (χ1n) is 14.2. The highest BCUT2D eigenvalue weighted by Gasteiger charge is 2.44. The fourth-order valence-electron chi connectivity index (χ4n) is 5.85. The van der Waals surface area contributed by atoms with Gasteiger partial charge in [-0.2, -0.15) is 9.97 Å². The Labute approximate surface area is 234 Å². The van der Waals surface area contributed by atoms with Gasteiger partial charge < -0.3 is 30.0 Å². The van der Waals surface area contributed by atoms with E-state index in [-0.39, 0.29) is 11.4 Å². The summed E-state index contributed by atoms with van der Waals surface area (Å²) in [7, 11) is 4.22. The number of aromatic nitrogens is 4. The van der Waals surface area contributed by atoms with Crippen LogP contribution in [-0.2, 0) is 25.8 Å². The van der Waals surface area contributed by atoms with Gasteiger partial charge in [-0.1, -0.05) is 42.4 Å². The van der Waals surface area contributed by atoms with Crippen LogP contribution in [0.25, 0.3) is 10.8 Å². The molecule has 210 valence electrons. The van der Waals surface area contributed by atoms with Crippen LogP contribution in [0.15, 0.2) is 40.8 Å². The van der Waals surface area contributed by atoms with Crippen LogP contribution in [0.1, 0.15) is 42.5 Å². The minimum Gasteiger partial charge on any atom is -0.463 e. The summed E-state index contributed by atoms with van der Waals surface area (Å²) in [5.41, 5.74) is 10.5. The Morgan fingerprint density at radius 3 is 2.67 bits per heavy atom. The summed E-state index contributed by atoms with van der Waals surface area (Å²) in [6, 6.07) is 13.7. The lowest BCUT2D eigenvalue weighted by Gasteiger charge is -2.32. The molecular weight excluding hydrogens is 504 g/mol. The summed E-state index contributed by atoms with van der Waals surface area (Å²) >= 11 is 0. The van der Waals surface area contributed by atoms with Crippen molar-refractivity contribution < 1.29 is 9.15 Å². The molecular formula is C30H38N8O2. The van der Waals surface area contributed by atoms with Gasteiger partial charge in [-0.3, -0.25) is 0 Å². The predicted octanol–water partition coefficient (Wildman–Crippen LogP) is 4.10. The van der Waals surface area contributed by atoms with Crippen molar-refractivity contribution in [1.82, 2.24) is 25.1 Å². The molecule has 1 aliphatic heterocycles. The molecule has 0 bridgehead atoms. The number of nitrogens with zero attached hydrogens (tertiary/aromatic N) is 6. The lowest BCUT2D eigenvalue weighted by molar-refractivity contribution is 0.182. The van der Waals surface area contributed by atoms with Crippen molar-refractivity contribution in [3.05, 3.63) is 59.1 Å². The third-order valence-electron chi connectivity index (χ3n) is 7.97. The normalized spacial score (nSPS) is 15.8. The van der Waals surface area contributed by atoms with E-state index in [4.69, 9.17) is 24.9 Å². The minimum absolute atomic E-state index is 0.0802. The predicted molar refractivity (Wildman–Crippen MR) is 157 cm³/mol. The van der Waals surface area contributed by atoms with Gasteiger partial charge in [0.2, 0.25) is 5.89 Å². The summed E-state index contributed by atoms with van der Waals surface area (Å²) in [4.78, 5) is 14.5. The number of rotatable bonds is 11. The summed E-state index contributed by atoms with van der Waals surface area (Å²) in [6.45, 7) is 6.01. The number of nitrogens with one attached hydrogen (secondary N) is 1. The van der Waals surface area contributed by atoms with Gasteiger partial charge in [0.25, 0.3) is 0 Å². The fourth-order valence-corrected chi connectivity index (χ4v) is 5.85. The first kappa shape index (κ1) is 26.3. The molecule has 2 aromatic carbocycles. The molecule has 0 atom stereocenters. The van der Waals surface area contributed by atoms with E-state index < -0.39 is 0 Å². The molecule has 10 heteroatoms. The summed E-state index contributed by atoms with van der Waals surface area (Å²) in [6.07, 6.45) is 4.72. The largest absolute Gasteiger partial charge is 0.463 e. The molecule has 3 N–H and O–H groups in total. The molecule has 40 heavy (non-hydrogen) atoms. The highest BCUT2D eigenvalue weighted by Crippen LogP contribution is 2.46. The van der Waals surface area contributed by atoms with Gasteiger partial charge in [-0.15, -0.1) is 5.10 Å². The van der Waals surface area contributed by atoms with Gasteiger partial charge in [-0.05, 0) is 56.8 Å². The van der Waals surface area contributed by atoms with E-state index in [1.807, 2.05) is 0 Å². The summed E-state index contributed by atoms with van der Waals surface area (Å²) < 4.78 is 11.6. The molecule has 10 nitrogen and oxygen atoms in total. The molecule has 0 radical (unpaired) electrons. The SMILES string of the molecule is CCc1cccc2cccc(N3CCc4c(nc(OCC5(CN(C)C)CC5)nc4NCCc4nnc(N)o4)C3)c12. The lowest BCUT2D eigenvalue weighted by Crippen LogP contribution is -2.33. The van der Waals surface area contributed by atoms with Crippen LogP contribution in [0.4, 0.5) is 17.5 Å². The smallest absolute Gasteiger partial charge is 0.318 e. The minimum atomic E-state index is 0.0802. The number of fused-ring (bicyclic) bond motifs is 2. The maximum absolute atomic E-state index is 6.29. The van der Waals surface area contributed by atoms with Crippen LogP contribution >= 0.6 is 0 Å². The van der Waals surface area contributed by atoms with E-state index in [9.17, 15) is 0 Å². The Hall–Kier alpha value is -3.92. The zero-order valence-corrected chi connectivity index (χ0v) is 23.6. The van der Waals surface area contributed by atoms with Crippen LogP contribution < -0.4 is 20.7 Å². The van der Waals surface area contributed by atoms with Crippen molar-refractivity contribution in [2.45, 2.75) is 45.6 Å². The summed E-state index contributed by atoms with van der Waals surface area (Å²) in [5, 5.41) is 13.8. The quantitative estimate of drug-likeness (QED) is 0.287. The standard InChI is InChI=1S/C30H38N8O2/c1-4-20-7-5-8-21-9-6-10-24(26(20)21)38-16-12-22-23(17-38)33-29(39-19-30(13-14-30)18-37(2)3)34-27(22)32-15-11-25-35-36-28(31)40-25/h5-10H,4,11-19H2,1-3H3,(H2,31,36)(H,32,33,34). The maximum atomic E-state index is 6.29. The second-order valence-corrected chi connectivity index (χ2v) is 11.3. The van der Waals surface area contributed by atoms with E-state index in [0.717, 1.165) is 43.0 Å². The zero-order chi connectivity index (χ0) is 27.7. The van der Waals surface area contributed by atoms with Crippen molar-refractivity contribution >= 4 is 28.3 Å². The average Bonchev–Trinajstić information content (AvgIpc) is 3.59. The van der Waals surface area contributed by atoms with Crippen molar-refractivity contribution in [1.29, 1.82) is 0 Å². The summed E-state index contributed by atoms with van der Waals surface area (Å²) in [5.74, 6) is 1.31. The van der Waals surface area contributed by atoms with E-state index in [2.05, 4.69) is 82.7 Å². The van der Waals surface area contributed by atoms with Gasteiger partial charge in [0, 0.05) is 48.1 Å². The highest BCUT2D eigenvalue weighted by molar-refractivity contribution is 5.97. The van der Waals surface area contributed by atoms with Gasteiger partial charge in [0.15, 0.2) is 0 Å². The monoisotopic (exact) mass is 542 g/mol. The molecule has 0 amide bonds. The second-order valence-electron chi connectivity index (χ2n) is 11.3. The van der Waals surface area contributed by atoms with E-state index >= 15 is 0 Å². The topological polar surface area (TPSA) is 118 Å². The van der Waals surface area contributed by atoms with Gasteiger partial charge in [0.1, 0.15) is 5.82 Å². The Bertz CT molecular complexity index is 1490. The highest BCUT2D eigenvalue weighted by atomic mass is 16.5. The molecule has 4 aromatic rings. The van der Waals surface area contributed by atoms with Crippen LogP contribution in [0, 0.1) is 5.41 Å². The van der Waals surface area contributed by atoms with E-state index in [1.54, 1.807) is 0 Å². The number of benzene rings is 2. The van der Waals surface area contributed by atoms with Crippen molar-refractivity contribution in [2.75, 3.05) is 56.3 Å². The molecule has 0 spiro atoms. The van der Waals surface area contributed by atoms with Crippen LogP contribution in [-0.4, -0.2) is 65.4 Å². The molecule has 0 unspecified atom stereocenters. The number of hydrogen-bond donors (Lipinski definition) is 2.